The van der Waals surface area contributed by atoms with Gasteiger partial charge < -0.3 is 14.9 Å². The number of carbonyl (C=O) groups excluding carboxylic acids is 2. The van der Waals surface area contributed by atoms with Crippen molar-refractivity contribution < 1.29 is 24.5 Å². The Labute approximate surface area is 167 Å². The van der Waals surface area contributed by atoms with Gasteiger partial charge in [-0.3, -0.25) is 24.7 Å². The Kier molecular flexibility index (Phi) is 5.69. The molecule has 9 nitrogen and oxygen atoms in total. The molecule has 0 radical (unpaired) electrons. The van der Waals surface area contributed by atoms with E-state index in [4.69, 9.17) is 0 Å². The summed E-state index contributed by atoms with van der Waals surface area (Å²) < 4.78 is 0. The lowest BCUT2D eigenvalue weighted by molar-refractivity contribution is -0.857. The molecule has 1 saturated heterocycles. The number of amides is 1. The van der Waals surface area contributed by atoms with Gasteiger partial charge in [-0.25, -0.2) is 0 Å². The number of benzene rings is 1. The standard InChI is InChI=1S/C20H20N4O5/c1-22(2)10-11-23-17(14-4-3-5-15(12-14)24(28)29)16(19(26)20(23)27)18(25)13-6-8-21-9-7-13/h3-9,12,17,25H,10-11H2,1-2H3. The number of nitrogens with zero attached hydrogens (tertiary/aromatic N) is 3. The van der Waals surface area contributed by atoms with Crippen molar-refractivity contribution in [2.75, 3.05) is 27.2 Å². The molecular weight excluding hydrogens is 376 g/mol. The molecule has 29 heavy (non-hydrogen) atoms. The molecule has 1 atom stereocenters. The molecule has 3 rings (SSSR count). The molecule has 9 heteroatoms. The van der Waals surface area contributed by atoms with Crippen molar-refractivity contribution in [2.24, 2.45) is 0 Å². The van der Waals surface area contributed by atoms with E-state index in [0.29, 0.717) is 12.1 Å². The first kappa shape index (κ1) is 20.2. The van der Waals surface area contributed by atoms with Crippen molar-refractivity contribution in [1.82, 2.24) is 9.88 Å². The summed E-state index contributed by atoms with van der Waals surface area (Å²) >= 11 is 0. The molecule has 1 aromatic heterocycles. The Morgan fingerprint density at radius 1 is 1.21 bits per heavy atom. The minimum absolute atomic E-state index is 0.178. The van der Waals surface area contributed by atoms with Crippen LogP contribution in [0, 0.1) is 10.1 Å². The van der Waals surface area contributed by atoms with E-state index in [-0.39, 0.29) is 23.4 Å². The van der Waals surface area contributed by atoms with Crippen LogP contribution in [0.2, 0.25) is 0 Å². The molecule has 0 spiro atoms. The lowest BCUT2D eigenvalue weighted by atomic mass is 9.95. The van der Waals surface area contributed by atoms with Gasteiger partial charge in [0.05, 0.1) is 38.2 Å². The van der Waals surface area contributed by atoms with Crippen LogP contribution in [-0.2, 0) is 9.59 Å². The van der Waals surface area contributed by atoms with Crippen LogP contribution in [0.3, 0.4) is 0 Å². The van der Waals surface area contributed by atoms with Crippen molar-refractivity contribution in [1.29, 1.82) is 0 Å². The largest absolute Gasteiger partial charge is 0.872 e. The summed E-state index contributed by atoms with van der Waals surface area (Å²) in [6.45, 7) is 0.772. The van der Waals surface area contributed by atoms with Crippen LogP contribution >= 0.6 is 0 Å². The number of non-ortho nitro benzene ring substituents is 1. The minimum Gasteiger partial charge on any atom is -0.872 e. The number of carbonyl (C=O) groups is 2. The van der Waals surface area contributed by atoms with Crippen LogP contribution in [0.15, 0.2) is 54.4 Å². The molecule has 1 fully saturated rings. The Bertz CT molecular complexity index is 987. The third-order valence-electron chi connectivity index (χ3n) is 4.72. The molecule has 1 aromatic carbocycles. The van der Waals surface area contributed by atoms with E-state index in [9.17, 15) is 24.8 Å². The number of nitro benzene ring substituents is 1. The fourth-order valence-corrected chi connectivity index (χ4v) is 3.26. The number of quaternary nitrogens is 1. The summed E-state index contributed by atoms with van der Waals surface area (Å²) in [5.41, 5.74) is 0.204. The Balaban J connectivity index is 2.17. The quantitative estimate of drug-likeness (QED) is 0.228. The molecule has 1 unspecified atom stereocenters. The van der Waals surface area contributed by atoms with Gasteiger partial charge in [0.25, 0.3) is 11.6 Å². The van der Waals surface area contributed by atoms with Crippen LogP contribution in [0.5, 0.6) is 0 Å². The van der Waals surface area contributed by atoms with Gasteiger partial charge in [0.15, 0.2) is 0 Å². The van der Waals surface area contributed by atoms with Gasteiger partial charge in [0.2, 0.25) is 5.78 Å². The molecule has 0 bridgehead atoms. The second kappa shape index (κ2) is 8.19. The smallest absolute Gasteiger partial charge is 0.295 e. The summed E-state index contributed by atoms with van der Waals surface area (Å²) in [6.07, 6.45) is 2.84. The number of ketones is 1. The molecule has 0 saturated carbocycles. The summed E-state index contributed by atoms with van der Waals surface area (Å²) in [5.74, 6) is -2.24. The summed E-state index contributed by atoms with van der Waals surface area (Å²) in [7, 11) is 3.80. The number of hydrogen-bond donors (Lipinski definition) is 1. The van der Waals surface area contributed by atoms with Crippen LogP contribution < -0.4 is 10.0 Å². The van der Waals surface area contributed by atoms with Gasteiger partial charge in [0.1, 0.15) is 0 Å². The number of nitro groups is 1. The molecule has 150 valence electrons. The molecular formula is C20H20N4O5. The van der Waals surface area contributed by atoms with Gasteiger partial charge >= 0.3 is 0 Å². The van der Waals surface area contributed by atoms with Crippen LogP contribution in [-0.4, -0.2) is 53.7 Å². The van der Waals surface area contributed by atoms with Crippen molar-refractivity contribution in [3.63, 3.8) is 0 Å². The first-order chi connectivity index (χ1) is 13.8. The summed E-state index contributed by atoms with van der Waals surface area (Å²) in [5, 5.41) is 24.3. The maximum Gasteiger partial charge on any atom is 0.295 e. The van der Waals surface area contributed by atoms with E-state index in [1.165, 1.54) is 47.6 Å². The fourth-order valence-electron chi connectivity index (χ4n) is 3.26. The van der Waals surface area contributed by atoms with Gasteiger partial charge in [-0.2, -0.15) is 0 Å². The molecule has 0 aliphatic carbocycles. The zero-order valence-corrected chi connectivity index (χ0v) is 16.0. The second-order valence-corrected chi connectivity index (χ2v) is 7.02. The number of pyridine rings is 1. The van der Waals surface area contributed by atoms with Gasteiger partial charge in [-0.1, -0.05) is 17.9 Å². The van der Waals surface area contributed by atoms with Crippen molar-refractivity contribution in [3.05, 3.63) is 75.6 Å². The number of nitrogens with one attached hydrogen (secondary N) is 1. The van der Waals surface area contributed by atoms with Gasteiger partial charge in [-0.15, -0.1) is 0 Å². The SMILES string of the molecule is C[NH+](C)CCN1C(=O)C(=O)C(=C([O-])c2ccncc2)C1c1cccc([N+](=O)[O-])c1. The third kappa shape index (κ3) is 3.99. The van der Waals surface area contributed by atoms with Crippen LogP contribution in [0.4, 0.5) is 5.69 Å². The number of likely N-dealkylation sites (N-methyl/N-ethyl adjacent to an activating group) is 1. The minimum atomic E-state index is -0.977. The predicted molar refractivity (Wildman–Crippen MR) is 101 cm³/mol. The first-order valence-corrected chi connectivity index (χ1v) is 9.01. The van der Waals surface area contributed by atoms with Gasteiger partial charge in [-0.05, 0) is 23.3 Å². The van der Waals surface area contributed by atoms with Crippen molar-refractivity contribution in [3.8, 4) is 0 Å². The maximum absolute atomic E-state index is 13.1. The molecule has 1 aliphatic heterocycles. The van der Waals surface area contributed by atoms with E-state index >= 15 is 0 Å². The topological polar surface area (TPSA) is 121 Å². The van der Waals surface area contributed by atoms with E-state index in [2.05, 4.69) is 4.98 Å². The van der Waals surface area contributed by atoms with E-state index < -0.39 is 28.4 Å². The molecule has 1 N–H and O–H groups in total. The van der Waals surface area contributed by atoms with E-state index in [0.717, 1.165) is 4.90 Å². The zero-order chi connectivity index (χ0) is 21.1. The molecule has 1 aliphatic rings. The predicted octanol–water partition coefficient (Wildman–Crippen LogP) is -0.642. The zero-order valence-electron chi connectivity index (χ0n) is 16.0. The number of aromatic nitrogens is 1. The summed E-state index contributed by atoms with van der Waals surface area (Å²) in [6, 6.07) is 7.62. The highest BCUT2D eigenvalue weighted by Crippen LogP contribution is 2.39. The lowest BCUT2D eigenvalue weighted by Crippen LogP contribution is -3.06. The Morgan fingerprint density at radius 3 is 2.52 bits per heavy atom. The highest BCUT2D eigenvalue weighted by molar-refractivity contribution is 6.46. The lowest BCUT2D eigenvalue weighted by Gasteiger charge is -2.27. The van der Waals surface area contributed by atoms with Crippen LogP contribution in [0.25, 0.3) is 5.76 Å². The van der Waals surface area contributed by atoms with Crippen LogP contribution in [0.1, 0.15) is 17.2 Å². The fraction of sp³-hybridized carbons (Fsp3) is 0.250. The number of likely N-dealkylation sites (tertiary alicyclic amines) is 1. The average molecular weight is 396 g/mol. The molecule has 1 amide bonds. The summed E-state index contributed by atoms with van der Waals surface area (Å²) in [4.78, 5) is 42.4. The number of hydrogen-bond acceptors (Lipinski definition) is 6. The van der Waals surface area contributed by atoms with Gasteiger partial charge in [0, 0.05) is 30.1 Å². The van der Waals surface area contributed by atoms with E-state index in [1.807, 2.05) is 14.1 Å². The third-order valence-corrected chi connectivity index (χ3v) is 4.72. The maximum atomic E-state index is 13.1. The van der Waals surface area contributed by atoms with E-state index in [1.54, 1.807) is 6.07 Å². The molecule has 2 heterocycles. The van der Waals surface area contributed by atoms with Crippen molar-refractivity contribution in [2.45, 2.75) is 6.04 Å². The Hall–Kier alpha value is -3.59. The monoisotopic (exact) mass is 396 g/mol. The van der Waals surface area contributed by atoms with Crippen molar-refractivity contribution >= 4 is 23.1 Å². The first-order valence-electron chi connectivity index (χ1n) is 9.01. The highest BCUT2D eigenvalue weighted by Gasteiger charge is 2.44. The second-order valence-electron chi connectivity index (χ2n) is 7.02. The molecule has 2 aromatic rings. The highest BCUT2D eigenvalue weighted by atomic mass is 16.6. The number of rotatable bonds is 6. The Morgan fingerprint density at radius 2 is 1.90 bits per heavy atom. The normalized spacial score (nSPS) is 18.4. The number of Topliss-reactive ketones (excluding diaryl/α,β-unsaturated/α-hetero) is 1. The average Bonchev–Trinajstić information content (AvgIpc) is 2.97.